The molecule has 0 unspecified atom stereocenters. The molecule has 40 heavy (non-hydrogen) atoms. The van der Waals surface area contributed by atoms with Gasteiger partial charge in [0.25, 0.3) is 0 Å². The number of carbonyl (C=O) groups excluding carboxylic acids is 3. The molecule has 2 aliphatic heterocycles. The highest BCUT2D eigenvalue weighted by Crippen LogP contribution is 2.22. The Labute approximate surface area is 242 Å². The number of carboxylic acid groups (broad SMARTS) is 1. The van der Waals surface area contributed by atoms with E-state index in [4.69, 9.17) is 19.4 Å². The Morgan fingerprint density at radius 2 is 1.12 bits per heavy atom. The maximum atomic E-state index is 11.9. The van der Waals surface area contributed by atoms with Crippen LogP contribution in [0.4, 0.5) is 9.59 Å². The van der Waals surface area contributed by atoms with Gasteiger partial charge < -0.3 is 38.0 Å². The van der Waals surface area contributed by atoms with Crippen molar-refractivity contribution in [1.82, 2.24) is 14.9 Å². The molecule has 2 aliphatic rings. The van der Waals surface area contributed by atoms with E-state index in [1.54, 1.807) is 24.0 Å². The Kier molecular flexibility index (Phi) is 18.5. The molecule has 0 spiro atoms. The molecule has 0 atom stereocenters. The largest absolute Gasteiger partial charge is 1.00 e. The first-order valence-corrected chi connectivity index (χ1v) is 13.4. The van der Waals surface area contributed by atoms with Gasteiger partial charge in [-0.1, -0.05) is 0 Å². The second kappa shape index (κ2) is 18.7. The molecule has 1 N–H and O–H groups in total. The lowest BCUT2D eigenvalue weighted by Crippen LogP contribution is -2.45. The molecule has 2 saturated heterocycles. The first-order chi connectivity index (χ1) is 17.9. The standard InChI is InChI=1S/C13H24N2O4.C11H19NO4.C3H8O.CH3.H/c1-13(2,3)19-12(17)15-8-6-10(7-9-15)11(16)14(4)18-5;1-11(2,3)16-10(15)12-6-4-8(5-7-12)9(13)14;1-3-4-2;;/h10H,6-9H2,1-5H3;8H,4-7H2,1-3H3,(H,13,14);3H2,1-2H3;1H3;/q;;;2*-1/i;;;;1+1. The van der Waals surface area contributed by atoms with Crippen LogP contribution in [0.3, 0.4) is 0 Å². The van der Waals surface area contributed by atoms with Gasteiger partial charge in [-0.2, -0.15) is 0 Å². The summed E-state index contributed by atoms with van der Waals surface area (Å²) < 4.78 is 15.1. The summed E-state index contributed by atoms with van der Waals surface area (Å²) in [5, 5.41) is 10.1. The van der Waals surface area contributed by atoms with Crippen LogP contribution in [0.15, 0.2) is 0 Å². The summed E-state index contributed by atoms with van der Waals surface area (Å²) in [6.45, 7) is 15.8. The van der Waals surface area contributed by atoms with Gasteiger partial charge in [0, 0.05) is 52.9 Å². The molecular weight excluding hydrogens is 522 g/mol. The number of rotatable bonds is 4. The monoisotopic (exact) mass is 578 g/mol. The van der Waals surface area contributed by atoms with Crippen molar-refractivity contribution in [2.24, 2.45) is 11.8 Å². The van der Waals surface area contributed by atoms with Crippen LogP contribution in [0.25, 0.3) is 0 Å². The van der Waals surface area contributed by atoms with E-state index in [0.717, 1.165) is 6.61 Å². The number of nitrogens with zero attached hydrogens (tertiary/aromatic N) is 3. The number of methoxy groups -OCH3 is 1. The van der Waals surface area contributed by atoms with Gasteiger partial charge in [0.05, 0.1) is 13.0 Å². The molecule has 12 nitrogen and oxygen atoms in total. The lowest BCUT2D eigenvalue weighted by molar-refractivity contribution is -0.174. The minimum Gasteiger partial charge on any atom is -1.00 e. The number of hydrogen-bond donors (Lipinski definition) is 1. The number of ether oxygens (including phenoxy) is 3. The van der Waals surface area contributed by atoms with Gasteiger partial charge in [-0.25, -0.2) is 14.7 Å². The minimum absolute atomic E-state index is 0. The van der Waals surface area contributed by atoms with E-state index in [0.29, 0.717) is 51.9 Å². The number of piperidine rings is 2. The zero-order valence-electron chi connectivity index (χ0n) is 27.6. The Morgan fingerprint density at radius 1 is 0.800 bits per heavy atom. The normalized spacial score (nSPS) is 16.2. The molecule has 12 heteroatoms. The fourth-order valence-corrected chi connectivity index (χ4v) is 3.62. The van der Waals surface area contributed by atoms with Crippen LogP contribution in [0.5, 0.6) is 0 Å². The van der Waals surface area contributed by atoms with Crippen molar-refractivity contribution in [3.8, 4) is 0 Å². The van der Waals surface area contributed by atoms with Crippen LogP contribution >= 0.6 is 0 Å². The van der Waals surface area contributed by atoms with Crippen LogP contribution in [-0.4, -0.2) is 109 Å². The summed E-state index contributed by atoms with van der Waals surface area (Å²) in [7, 11) is 4.75. The van der Waals surface area contributed by atoms with Gasteiger partial charge in [-0.3, -0.25) is 14.4 Å². The molecule has 0 saturated carbocycles. The predicted octanol–water partition coefficient (Wildman–Crippen LogP) is 4.59. The zero-order valence-corrected chi connectivity index (χ0v) is 26.6. The van der Waals surface area contributed by atoms with Gasteiger partial charge in [0.1, 0.15) is 11.2 Å². The van der Waals surface area contributed by atoms with Gasteiger partial charge in [-0.05, 0) is 74.1 Å². The average Bonchev–Trinajstić information content (AvgIpc) is 2.86. The van der Waals surface area contributed by atoms with E-state index in [9.17, 15) is 19.2 Å². The molecule has 0 aliphatic carbocycles. The molecule has 2 heterocycles. The van der Waals surface area contributed by atoms with Crippen molar-refractivity contribution in [3.63, 3.8) is 0 Å². The Balaban J connectivity index is -0.000000602. The Hall–Kier alpha value is -2.60. The second-order valence-corrected chi connectivity index (χ2v) is 11.4. The number of hydroxylamine groups is 2. The molecule has 0 aromatic carbocycles. The third-order valence-electron chi connectivity index (χ3n) is 5.86. The molecule has 2 rings (SSSR count). The summed E-state index contributed by atoms with van der Waals surface area (Å²) in [5.74, 6) is -1.21. The third kappa shape index (κ3) is 16.5. The van der Waals surface area contributed by atoms with Gasteiger partial charge in [0.2, 0.25) is 5.91 Å². The van der Waals surface area contributed by atoms with E-state index in [-0.39, 0.29) is 38.8 Å². The number of hydrogen-bond acceptors (Lipinski definition) is 8. The highest BCUT2D eigenvalue weighted by Gasteiger charge is 2.32. The van der Waals surface area contributed by atoms with Crippen molar-refractivity contribution < 1.29 is 44.8 Å². The summed E-state index contributed by atoms with van der Waals surface area (Å²) in [6, 6.07) is 0. The quantitative estimate of drug-likeness (QED) is 0.375. The van der Waals surface area contributed by atoms with Crippen molar-refractivity contribution in [1.29, 1.82) is 0 Å². The first-order valence-electron chi connectivity index (χ1n) is 13.4. The molecule has 2 fully saturated rings. The highest BCUT2D eigenvalue weighted by atomic mass is 16.7. The predicted molar refractivity (Wildman–Crippen MR) is 154 cm³/mol. The summed E-state index contributed by atoms with van der Waals surface area (Å²) in [4.78, 5) is 54.2. The van der Waals surface area contributed by atoms with Crippen molar-refractivity contribution >= 4 is 24.1 Å². The number of carboxylic acids is 1. The maximum Gasteiger partial charge on any atom is 0.410 e. The van der Waals surface area contributed by atoms with Gasteiger partial charge in [0.15, 0.2) is 0 Å². The molecular formula is C28H55N3O9-2. The van der Waals surface area contributed by atoms with E-state index in [2.05, 4.69) is 4.74 Å². The van der Waals surface area contributed by atoms with Gasteiger partial charge in [-0.15, -0.1) is 0 Å². The molecule has 3 amide bonds. The smallest absolute Gasteiger partial charge is 0.410 e. The first kappa shape index (κ1) is 39.5. The molecule has 0 aromatic rings. The molecule has 0 radical (unpaired) electrons. The van der Waals surface area contributed by atoms with E-state index < -0.39 is 17.2 Å². The number of aliphatic carboxylic acids is 1. The second-order valence-electron chi connectivity index (χ2n) is 11.4. The summed E-state index contributed by atoms with van der Waals surface area (Å²) >= 11 is 0. The highest BCUT2D eigenvalue weighted by molar-refractivity contribution is 5.78. The van der Waals surface area contributed by atoms with Crippen molar-refractivity contribution in [2.75, 3.05) is 54.1 Å². The average molecular weight is 579 g/mol. The Bertz CT molecular complexity index is 767. The van der Waals surface area contributed by atoms with Crippen molar-refractivity contribution in [3.05, 3.63) is 7.43 Å². The third-order valence-corrected chi connectivity index (χ3v) is 5.86. The lowest BCUT2D eigenvalue weighted by atomic mass is 9.96. The van der Waals surface area contributed by atoms with Crippen LogP contribution in [-0.2, 0) is 28.6 Å². The summed E-state index contributed by atoms with van der Waals surface area (Å²) in [5.41, 5.74) is -0.985. The van der Waals surface area contributed by atoms with E-state index in [1.165, 1.54) is 12.2 Å². The lowest BCUT2D eigenvalue weighted by Gasteiger charge is -2.33. The topological polar surface area (TPSA) is 135 Å². The van der Waals surface area contributed by atoms with Crippen LogP contribution in [0, 0.1) is 19.3 Å². The number of carbonyl (C=O) groups is 4. The minimum atomic E-state index is -0.774. The molecule has 0 bridgehead atoms. The number of amides is 3. The number of likely N-dealkylation sites (tertiary alicyclic amines) is 2. The fraction of sp³-hybridized carbons (Fsp3) is 0.821. The summed E-state index contributed by atoms with van der Waals surface area (Å²) in [6.07, 6.45) is 1.65. The van der Waals surface area contributed by atoms with Crippen LogP contribution in [0.2, 0.25) is 0 Å². The van der Waals surface area contributed by atoms with Crippen LogP contribution in [0.1, 0.15) is 75.6 Å². The Morgan fingerprint density at radius 3 is 1.38 bits per heavy atom. The SMILES string of the molecule is CC(C)(C)OC(=O)N1CCC(C(=O)O)CC1.CCOC.CON(C)C(=O)C1CCN(C(=O)OC(C)(C)C)CC1.[2H-].[CH3-]. The fourth-order valence-electron chi connectivity index (χ4n) is 3.62. The van der Waals surface area contributed by atoms with Gasteiger partial charge >= 0.3 is 18.2 Å². The van der Waals surface area contributed by atoms with E-state index in [1.807, 2.05) is 48.5 Å². The zero-order chi connectivity index (χ0) is 30.4. The van der Waals surface area contributed by atoms with Crippen molar-refractivity contribution in [2.45, 2.75) is 85.4 Å². The van der Waals surface area contributed by atoms with Crippen LogP contribution < -0.4 is 0 Å². The molecule has 238 valence electrons. The van der Waals surface area contributed by atoms with E-state index >= 15 is 0 Å². The maximum absolute atomic E-state index is 11.9. The molecule has 0 aromatic heterocycles.